The average Bonchev–Trinajstić information content (AvgIpc) is 2.85. The Labute approximate surface area is 152 Å². The molecule has 2 fully saturated rings. The summed E-state index contributed by atoms with van der Waals surface area (Å²) in [5.74, 6) is 1.28. The van der Waals surface area contributed by atoms with Crippen molar-refractivity contribution in [2.24, 2.45) is 0 Å². The number of amides is 1. The molecule has 0 N–H and O–H groups in total. The number of carbonyl (C=O) groups is 1. The highest BCUT2D eigenvalue weighted by molar-refractivity contribution is 7.99. The van der Waals surface area contributed by atoms with Crippen LogP contribution in [0.4, 0.5) is 0 Å². The highest BCUT2D eigenvalue weighted by Gasteiger charge is 2.46. The van der Waals surface area contributed by atoms with Crippen molar-refractivity contribution in [3.63, 3.8) is 0 Å². The molecule has 0 unspecified atom stereocenters. The third-order valence-electron chi connectivity index (χ3n) is 4.71. The topological polar surface area (TPSA) is 57.7 Å². The summed E-state index contributed by atoms with van der Waals surface area (Å²) in [6, 6.07) is 7.33. The van der Waals surface area contributed by atoms with Gasteiger partial charge in [-0.25, -0.2) is 8.42 Å². The molecule has 0 aromatic heterocycles. The van der Waals surface area contributed by atoms with Gasteiger partial charge in [-0.15, -0.1) is 11.8 Å². The van der Waals surface area contributed by atoms with E-state index in [1.807, 2.05) is 31.3 Å². The van der Waals surface area contributed by atoms with Gasteiger partial charge in [0.1, 0.15) is 0 Å². The lowest BCUT2D eigenvalue weighted by Gasteiger charge is -2.42. The van der Waals surface area contributed by atoms with E-state index in [9.17, 15) is 13.2 Å². The fourth-order valence-electron chi connectivity index (χ4n) is 3.38. The predicted molar refractivity (Wildman–Crippen MR) is 98.2 cm³/mol. The quantitative estimate of drug-likeness (QED) is 0.782. The maximum Gasteiger partial charge on any atom is 0.232 e. The van der Waals surface area contributed by atoms with Crippen LogP contribution in [0.3, 0.4) is 0 Å². The first kappa shape index (κ1) is 18.0. The molecule has 8 heteroatoms. The van der Waals surface area contributed by atoms with Crippen LogP contribution in [0.1, 0.15) is 5.56 Å². The molecule has 1 amide bonds. The maximum absolute atomic E-state index is 12.6. The highest BCUT2D eigenvalue weighted by atomic mass is 35.5. The van der Waals surface area contributed by atoms with Gasteiger partial charge in [0.05, 0.1) is 23.3 Å². The van der Waals surface area contributed by atoms with E-state index in [0.717, 1.165) is 12.1 Å². The molecule has 0 radical (unpaired) electrons. The van der Waals surface area contributed by atoms with Crippen molar-refractivity contribution < 1.29 is 13.2 Å². The molecule has 3 rings (SSSR count). The van der Waals surface area contributed by atoms with Crippen molar-refractivity contribution in [1.29, 1.82) is 0 Å². The highest BCUT2D eigenvalue weighted by Crippen LogP contribution is 2.27. The molecule has 132 valence electrons. The zero-order valence-electron chi connectivity index (χ0n) is 13.5. The van der Waals surface area contributed by atoms with Gasteiger partial charge in [0, 0.05) is 29.9 Å². The number of hydrogen-bond acceptors (Lipinski definition) is 5. The minimum Gasteiger partial charge on any atom is -0.335 e. The third-order valence-corrected chi connectivity index (χ3v) is 7.75. The summed E-state index contributed by atoms with van der Waals surface area (Å²) in [7, 11) is -1.12. The molecular formula is C16H21ClN2O3S2. The molecule has 2 atom stereocenters. The van der Waals surface area contributed by atoms with Crippen LogP contribution < -0.4 is 0 Å². The van der Waals surface area contributed by atoms with Crippen molar-refractivity contribution in [2.75, 3.05) is 37.4 Å². The van der Waals surface area contributed by atoms with Crippen LogP contribution in [0.15, 0.2) is 24.3 Å². The van der Waals surface area contributed by atoms with Crippen LogP contribution in [-0.4, -0.2) is 73.6 Å². The zero-order valence-corrected chi connectivity index (χ0v) is 15.9. The number of halogens is 1. The summed E-state index contributed by atoms with van der Waals surface area (Å²) in [6.07, 6.45) is 0. The number of nitrogens with zero attached hydrogens (tertiary/aromatic N) is 2. The van der Waals surface area contributed by atoms with Crippen molar-refractivity contribution >= 4 is 39.1 Å². The smallest absolute Gasteiger partial charge is 0.232 e. The first-order chi connectivity index (χ1) is 11.4. The summed E-state index contributed by atoms with van der Waals surface area (Å²) in [6.45, 7) is 1.32. The van der Waals surface area contributed by atoms with E-state index in [1.54, 1.807) is 4.90 Å². The maximum atomic E-state index is 12.6. The van der Waals surface area contributed by atoms with E-state index in [2.05, 4.69) is 4.90 Å². The van der Waals surface area contributed by atoms with Gasteiger partial charge in [0.2, 0.25) is 5.91 Å². The Balaban J connectivity index is 1.60. The van der Waals surface area contributed by atoms with Gasteiger partial charge in [-0.2, -0.15) is 0 Å². The van der Waals surface area contributed by atoms with E-state index in [4.69, 9.17) is 11.6 Å². The molecule has 0 saturated carbocycles. The Morgan fingerprint density at radius 1 is 1.25 bits per heavy atom. The number of benzene rings is 1. The van der Waals surface area contributed by atoms with Gasteiger partial charge in [0.15, 0.2) is 9.84 Å². The molecule has 0 aliphatic carbocycles. The number of likely N-dealkylation sites (N-methyl/N-ethyl adjacent to an activating group) is 1. The molecular weight excluding hydrogens is 368 g/mol. The van der Waals surface area contributed by atoms with Gasteiger partial charge in [-0.1, -0.05) is 29.8 Å². The summed E-state index contributed by atoms with van der Waals surface area (Å²) in [5, 5.41) is 0.707. The second-order valence-electron chi connectivity index (χ2n) is 6.36. The predicted octanol–water partition coefficient (Wildman–Crippen LogP) is 1.51. The normalized spacial score (nSPS) is 26.3. The minimum absolute atomic E-state index is 0.0206. The first-order valence-corrected chi connectivity index (χ1v) is 11.2. The Hall–Kier alpha value is -0.760. The van der Waals surface area contributed by atoms with Crippen molar-refractivity contribution in [3.8, 4) is 0 Å². The number of sulfone groups is 1. The van der Waals surface area contributed by atoms with Gasteiger partial charge < -0.3 is 4.90 Å². The molecule has 0 bridgehead atoms. The fourth-order valence-corrected chi connectivity index (χ4v) is 6.63. The molecule has 24 heavy (non-hydrogen) atoms. The van der Waals surface area contributed by atoms with Crippen LogP contribution in [0, 0.1) is 0 Å². The second kappa shape index (κ2) is 7.23. The van der Waals surface area contributed by atoms with Gasteiger partial charge in [-0.05, 0) is 18.7 Å². The number of thioether (sulfide) groups is 1. The van der Waals surface area contributed by atoms with Gasteiger partial charge in [-0.3, -0.25) is 9.69 Å². The van der Waals surface area contributed by atoms with E-state index in [1.165, 1.54) is 11.8 Å². The molecule has 2 aliphatic rings. The largest absolute Gasteiger partial charge is 0.335 e. The Kier molecular flexibility index (Phi) is 5.44. The molecule has 1 aromatic rings. The van der Waals surface area contributed by atoms with Crippen LogP contribution in [0.5, 0.6) is 0 Å². The summed E-state index contributed by atoms with van der Waals surface area (Å²) in [5.41, 5.74) is 1.01. The summed E-state index contributed by atoms with van der Waals surface area (Å²) < 4.78 is 23.9. The fraction of sp³-hybridized carbons (Fsp3) is 0.562. The molecule has 2 heterocycles. The molecule has 5 nitrogen and oxygen atoms in total. The van der Waals surface area contributed by atoms with Crippen LogP contribution in [0.2, 0.25) is 5.02 Å². The van der Waals surface area contributed by atoms with Gasteiger partial charge >= 0.3 is 0 Å². The third kappa shape index (κ3) is 3.90. The van der Waals surface area contributed by atoms with E-state index in [-0.39, 0.29) is 29.5 Å². The standard InChI is InChI=1S/C16H21ClN2O3S2/c1-18-6-7-19(15-11-24(21,22)10-14(15)18)16(20)9-23-8-12-4-2-3-5-13(12)17/h2-5,14-15H,6-11H2,1H3/t14-,15+/m1/s1. The number of carbonyl (C=O) groups excluding carboxylic acids is 1. The first-order valence-electron chi connectivity index (χ1n) is 7.89. The van der Waals surface area contributed by atoms with E-state index < -0.39 is 9.84 Å². The van der Waals surface area contributed by atoms with Crippen molar-refractivity contribution in [2.45, 2.75) is 17.8 Å². The SMILES string of the molecule is CN1CCN(C(=O)CSCc2ccccc2Cl)[C@H]2CS(=O)(=O)C[C@H]21. The zero-order chi connectivity index (χ0) is 17.3. The van der Waals surface area contributed by atoms with E-state index >= 15 is 0 Å². The lowest BCUT2D eigenvalue weighted by atomic mass is 10.1. The summed E-state index contributed by atoms with van der Waals surface area (Å²) >= 11 is 7.65. The number of hydrogen-bond donors (Lipinski definition) is 0. The van der Waals surface area contributed by atoms with E-state index in [0.29, 0.717) is 23.1 Å². The second-order valence-corrected chi connectivity index (χ2v) is 9.91. The molecule has 1 aromatic carbocycles. The Morgan fingerprint density at radius 3 is 2.71 bits per heavy atom. The van der Waals surface area contributed by atoms with Crippen molar-refractivity contribution in [1.82, 2.24) is 9.80 Å². The summed E-state index contributed by atoms with van der Waals surface area (Å²) in [4.78, 5) is 16.4. The molecule has 2 saturated heterocycles. The average molecular weight is 389 g/mol. The Bertz CT molecular complexity index is 726. The van der Waals surface area contributed by atoms with Crippen LogP contribution in [0.25, 0.3) is 0 Å². The minimum atomic E-state index is -3.06. The van der Waals surface area contributed by atoms with Crippen molar-refractivity contribution in [3.05, 3.63) is 34.9 Å². The molecule has 0 spiro atoms. The lowest BCUT2D eigenvalue weighted by Crippen LogP contribution is -2.59. The number of fused-ring (bicyclic) bond motifs is 1. The number of rotatable bonds is 4. The molecule has 2 aliphatic heterocycles. The van der Waals surface area contributed by atoms with Crippen LogP contribution >= 0.6 is 23.4 Å². The van der Waals surface area contributed by atoms with Crippen LogP contribution in [-0.2, 0) is 20.4 Å². The number of piperazine rings is 1. The monoisotopic (exact) mass is 388 g/mol. The van der Waals surface area contributed by atoms with Gasteiger partial charge in [0.25, 0.3) is 0 Å². The lowest BCUT2D eigenvalue weighted by molar-refractivity contribution is -0.133. The Morgan fingerprint density at radius 2 is 1.96 bits per heavy atom.